The Morgan fingerprint density at radius 1 is 1.33 bits per heavy atom. The molecule has 0 aliphatic heterocycles. The third-order valence-electron chi connectivity index (χ3n) is 3.31. The van der Waals surface area contributed by atoms with Gasteiger partial charge >= 0.3 is 0 Å². The Morgan fingerprint density at radius 2 is 2.17 bits per heavy atom. The van der Waals surface area contributed by atoms with E-state index < -0.39 is 0 Å². The van der Waals surface area contributed by atoms with Gasteiger partial charge in [0.05, 0.1) is 0 Å². The molecule has 0 bridgehead atoms. The Hall–Kier alpha value is -2.10. The van der Waals surface area contributed by atoms with E-state index in [-0.39, 0.29) is 5.41 Å². The molecule has 1 saturated carbocycles. The van der Waals surface area contributed by atoms with Crippen LogP contribution < -0.4 is 5.73 Å². The number of nitrogen functional groups attached to an aromatic ring is 1. The molecule has 4 heteroatoms. The lowest BCUT2D eigenvalue weighted by Crippen LogP contribution is -2.01. The van der Waals surface area contributed by atoms with Gasteiger partial charge in [0.25, 0.3) is 5.89 Å². The Morgan fingerprint density at radius 3 is 2.89 bits per heavy atom. The maximum atomic E-state index is 5.71. The average molecular weight is 241 g/mol. The number of nitrogens with two attached hydrogens (primary N) is 1. The average Bonchev–Trinajstić information content (AvgIpc) is 2.93. The van der Waals surface area contributed by atoms with Gasteiger partial charge in [0.1, 0.15) is 0 Å². The Kier molecular flexibility index (Phi) is 2.44. The van der Waals surface area contributed by atoms with Crippen molar-refractivity contribution < 1.29 is 4.52 Å². The normalized spacial score (nSPS) is 17.2. The van der Waals surface area contributed by atoms with Gasteiger partial charge in [-0.3, -0.25) is 0 Å². The summed E-state index contributed by atoms with van der Waals surface area (Å²) in [6.45, 7) is 2.16. The van der Waals surface area contributed by atoms with Crippen LogP contribution in [0.15, 0.2) is 28.8 Å². The summed E-state index contributed by atoms with van der Waals surface area (Å²) in [5, 5.41) is 4.02. The second-order valence-electron chi connectivity index (χ2n) is 5.02. The van der Waals surface area contributed by atoms with Gasteiger partial charge in [-0.25, -0.2) is 0 Å². The fourth-order valence-electron chi connectivity index (χ4n) is 1.79. The van der Waals surface area contributed by atoms with Gasteiger partial charge < -0.3 is 10.3 Å². The van der Waals surface area contributed by atoms with E-state index in [0.29, 0.717) is 5.89 Å². The fraction of sp³-hybridized carbons (Fsp3) is 0.286. The van der Waals surface area contributed by atoms with Gasteiger partial charge in [-0.15, -0.1) is 0 Å². The molecule has 2 N–H and O–H groups in total. The molecule has 1 aliphatic carbocycles. The van der Waals surface area contributed by atoms with E-state index in [1.54, 1.807) is 0 Å². The third-order valence-corrected chi connectivity index (χ3v) is 3.31. The van der Waals surface area contributed by atoms with Crippen LogP contribution in [0.25, 0.3) is 12.2 Å². The molecule has 0 spiro atoms. The lowest BCUT2D eigenvalue weighted by molar-refractivity contribution is 0.398. The van der Waals surface area contributed by atoms with Gasteiger partial charge in [0, 0.05) is 17.2 Å². The summed E-state index contributed by atoms with van der Waals surface area (Å²) < 4.78 is 5.20. The summed E-state index contributed by atoms with van der Waals surface area (Å²) in [5.74, 6) is 1.36. The first-order valence-corrected chi connectivity index (χ1v) is 6.04. The highest BCUT2D eigenvalue weighted by molar-refractivity contribution is 5.67. The number of hydrogen-bond donors (Lipinski definition) is 1. The molecule has 4 nitrogen and oxygen atoms in total. The third kappa shape index (κ3) is 2.14. The summed E-state index contributed by atoms with van der Waals surface area (Å²) in [7, 11) is 0. The minimum atomic E-state index is 0.146. The van der Waals surface area contributed by atoms with Crippen LogP contribution in [0, 0.1) is 0 Å². The van der Waals surface area contributed by atoms with Crippen molar-refractivity contribution in [3.8, 4) is 0 Å². The molecule has 3 rings (SSSR count). The first kappa shape index (κ1) is 11.0. The molecule has 1 heterocycles. The zero-order chi connectivity index (χ0) is 12.6. The Bertz CT molecular complexity index is 597. The van der Waals surface area contributed by atoms with Crippen molar-refractivity contribution in [1.29, 1.82) is 0 Å². The van der Waals surface area contributed by atoms with Crippen molar-refractivity contribution in [1.82, 2.24) is 10.1 Å². The zero-order valence-corrected chi connectivity index (χ0v) is 10.3. The van der Waals surface area contributed by atoms with Crippen molar-refractivity contribution in [2.75, 3.05) is 5.73 Å². The monoisotopic (exact) mass is 241 g/mol. The minimum absolute atomic E-state index is 0.146. The highest BCUT2D eigenvalue weighted by Gasteiger charge is 2.43. The molecule has 0 atom stereocenters. The van der Waals surface area contributed by atoms with E-state index in [2.05, 4.69) is 17.1 Å². The second-order valence-corrected chi connectivity index (χ2v) is 5.02. The van der Waals surface area contributed by atoms with Crippen LogP contribution in [0.1, 0.15) is 37.0 Å². The summed E-state index contributed by atoms with van der Waals surface area (Å²) in [6.07, 6.45) is 6.02. The highest BCUT2D eigenvalue weighted by atomic mass is 16.5. The highest BCUT2D eigenvalue weighted by Crippen LogP contribution is 2.45. The Balaban J connectivity index is 1.78. The lowest BCUT2D eigenvalue weighted by Gasteiger charge is -1.96. The predicted octanol–water partition coefficient (Wildman–Crippen LogP) is 2.87. The van der Waals surface area contributed by atoms with Crippen molar-refractivity contribution >= 4 is 17.8 Å². The molecule has 92 valence electrons. The molecule has 1 aromatic heterocycles. The quantitative estimate of drug-likeness (QED) is 0.839. The topological polar surface area (TPSA) is 64.9 Å². The largest absolute Gasteiger partial charge is 0.399 e. The fourth-order valence-corrected chi connectivity index (χ4v) is 1.79. The molecule has 0 radical (unpaired) electrons. The van der Waals surface area contributed by atoms with E-state index >= 15 is 0 Å². The Labute approximate surface area is 106 Å². The molecular weight excluding hydrogens is 226 g/mol. The van der Waals surface area contributed by atoms with E-state index in [1.807, 2.05) is 36.4 Å². The van der Waals surface area contributed by atoms with Crippen LogP contribution in [0.4, 0.5) is 5.69 Å². The molecule has 18 heavy (non-hydrogen) atoms. The second kappa shape index (κ2) is 3.98. The van der Waals surface area contributed by atoms with E-state index in [0.717, 1.165) is 29.9 Å². The van der Waals surface area contributed by atoms with Gasteiger partial charge in [-0.05, 0) is 36.6 Å². The lowest BCUT2D eigenvalue weighted by atomic mass is 10.1. The molecule has 1 fully saturated rings. The van der Waals surface area contributed by atoms with E-state index in [1.165, 1.54) is 0 Å². The molecule has 1 aromatic carbocycles. The van der Waals surface area contributed by atoms with Crippen LogP contribution in [-0.2, 0) is 5.41 Å². The molecule has 2 aromatic rings. The van der Waals surface area contributed by atoms with Crippen LogP contribution in [0.2, 0.25) is 0 Å². The molecule has 0 saturated heterocycles. The summed E-state index contributed by atoms with van der Waals surface area (Å²) in [6, 6.07) is 7.65. The number of rotatable bonds is 3. The van der Waals surface area contributed by atoms with Gasteiger partial charge in [-0.2, -0.15) is 4.98 Å². The SMILES string of the molecule is CC1(c2noc(/C=C/c3cccc(N)c3)n2)CC1. The molecule has 0 amide bonds. The van der Waals surface area contributed by atoms with Gasteiger partial charge in [0.2, 0.25) is 0 Å². The smallest absolute Gasteiger partial charge is 0.250 e. The maximum absolute atomic E-state index is 5.71. The number of hydrogen-bond acceptors (Lipinski definition) is 4. The first-order valence-electron chi connectivity index (χ1n) is 6.04. The van der Waals surface area contributed by atoms with E-state index in [9.17, 15) is 0 Å². The van der Waals surface area contributed by atoms with Crippen LogP contribution >= 0.6 is 0 Å². The number of aromatic nitrogens is 2. The van der Waals surface area contributed by atoms with Crippen LogP contribution in [-0.4, -0.2) is 10.1 Å². The molecular formula is C14H15N3O. The predicted molar refractivity (Wildman–Crippen MR) is 70.7 cm³/mol. The van der Waals surface area contributed by atoms with Crippen LogP contribution in [0.3, 0.4) is 0 Å². The van der Waals surface area contributed by atoms with Crippen molar-refractivity contribution in [3.05, 3.63) is 41.5 Å². The summed E-state index contributed by atoms with van der Waals surface area (Å²) in [4.78, 5) is 4.39. The van der Waals surface area contributed by atoms with Crippen molar-refractivity contribution in [2.45, 2.75) is 25.2 Å². The number of benzene rings is 1. The summed E-state index contributed by atoms with van der Waals surface area (Å²) in [5.41, 5.74) is 7.62. The number of anilines is 1. The van der Waals surface area contributed by atoms with Crippen molar-refractivity contribution in [3.63, 3.8) is 0 Å². The minimum Gasteiger partial charge on any atom is -0.399 e. The first-order chi connectivity index (χ1) is 8.66. The molecule has 1 aliphatic rings. The van der Waals surface area contributed by atoms with Crippen LogP contribution in [0.5, 0.6) is 0 Å². The van der Waals surface area contributed by atoms with Gasteiger partial charge in [-0.1, -0.05) is 24.2 Å². The zero-order valence-electron chi connectivity index (χ0n) is 10.3. The van der Waals surface area contributed by atoms with Gasteiger partial charge in [0.15, 0.2) is 5.82 Å². The van der Waals surface area contributed by atoms with E-state index in [4.69, 9.17) is 10.3 Å². The summed E-state index contributed by atoms with van der Waals surface area (Å²) >= 11 is 0. The number of nitrogens with zero attached hydrogens (tertiary/aromatic N) is 2. The maximum Gasteiger partial charge on any atom is 0.250 e. The molecule has 0 unspecified atom stereocenters. The van der Waals surface area contributed by atoms with Crippen molar-refractivity contribution in [2.24, 2.45) is 0 Å². The standard InChI is InChI=1S/C14H15N3O/c1-14(7-8-14)13-16-12(18-17-13)6-5-10-3-2-4-11(15)9-10/h2-6,9H,7-8,15H2,1H3/b6-5+.